The zero-order valence-electron chi connectivity index (χ0n) is 19.3. The number of pyridine rings is 1. The third kappa shape index (κ3) is 5.23. The fourth-order valence-electron chi connectivity index (χ4n) is 3.63. The second-order valence-electron chi connectivity index (χ2n) is 7.91. The first-order chi connectivity index (χ1) is 16.8. The Morgan fingerprint density at radius 2 is 1.78 bits per heavy atom. The number of hydrogen-bond donors (Lipinski definition) is 1. The fourth-order valence-corrected chi connectivity index (χ4v) is 3.91. The van der Waals surface area contributed by atoms with E-state index in [1.54, 1.807) is 6.92 Å². The van der Waals surface area contributed by atoms with Gasteiger partial charge in [-0.2, -0.15) is 0 Å². The van der Waals surface area contributed by atoms with Crippen LogP contribution in [-0.4, -0.2) is 27.4 Å². The van der Waals surface area contributed by atoms with Crippen molar-refractivity contribution >= 4 is 17.6 Å². The van der Waals surface area contributed by atoms with Gasteiger partial charge >= 0.3 is 11.7 Å². The topological polar surface area (TPSA) is 77.8 Å². The second-order valence-corrected chi connectivity index (χ2v) is 8.31. The average molecular weight is 530 g/mol. The Labute approximate surface area is 208 Å². The summed E-state index contributed by atoms with van der Waals surface area (Å²) in [7, 11) is 1.26. The molecular weight excluding hydrogens is 508 g/mol. The molecule has 0 saturated heterocycles. The Balaban J connectivity index is 2.03. The average Bonchev–Trinajstić information content (AvgIpc) is 2.81. The number of aromatic nitrogens is 1. The molecule has 0 radical (unpaired) electrons. The van der Waals surface area contributed by atoms with Crippen LogP contribution in [0.1, 0.15) is 41.3 Å². The van der Waals surface area contributed by atoms with Crippen LogP contribution in [-0.2, 0) is 17.5 Å². The fraction of sp³-hybridized carbons (Fsp3) is 0.250. The van der Waals surface area contributed by atoms with Crippen LogP contribution in [0.4, 0.5) is 17.8 Å². The number of esters is 1. The number of benzene rings is 2. The van der Waals surface area contributed by atoms with Crippen molar-refractivity contribution in [2.24, 2.45) is 7.05 Å². The maximum absolute atomic E-state index is 14.2. The smallest absolute Gasteiger partial charge is 0.352 e. The van der Waals surface area contributed by atoms with Gasteiger partial charge in [0, 0.05) is 24.3 Å². The number of carbonyl (C=O) groups excluding carboxylic acids is 1. The summed E-state index contributed by atoms with van der Waals surface area (Å²) in [4.78, 5) is 23.6. The molecule has 2 atom stereocenters. The number of quaternary nitrogens is 1. The van der Waals surface area contributed by atoms with Crippen molar-refractivity contribution in [2.75, 3.05) is 6.61 Å². The Kier molecular flexibility index (Phi) is 7.77. The third-order valence-corrected chi connectivity index (χ3v) is 5.95. The van der Waals surface area contributed by atoms with Gasteiger partial charge < -0.3 is 19.1 Å². The second kappa shape index (κ2) is 10.3. The van der Waals surface area contributed by atoms with Crippen molar-refractivity contribution in [3.8, 4) is 11.5 Å². The standard InChI is InChI=1S/C24H22ClF4N2O5/c1-4-35-23(33)19-12-17(7-9-21(19)26)36-16-6-8-20(25)18(11-16)14(2)24(34,31(27,28)29)15-5-10-22(32)30(3)13-15/h5-14,34H,4H2,1-3H3/q+1/t14-,24-/m0/s1. The van der Waals surface area contributed by atoms with E-state index in [0.717, 1.165) is 42.0 Å². The van der Waals surface area contributed by atoms with Crippen LogP contribution in [0.2, 0.25) is 5.02 Å². The van der Waals surface area contributed by atoms with Gasteiger partial charge in [-0.15, -0.1) is 0 Å². The normalized spacial score (nSPS) is 14.1. The summed E-state index contributed by atoms with van der Waals surface area (Å²) >= 11 is 6.21. The molecule has 0 amide bonds. The number of aryl methyl sites for hydroxylation is 1. The van der Waals surface area contributed by atoms with E-state index in [9.17, 15) is 32.5 Å². The van der Waals surface area contributed by atoms with Gasteiger partial charge in [0.2, 0.25) is 5.56 Å². The SMILES string of the molecule is CCOC(=O)c1cc(Oc2ccc(Cl)c([C@H](C)[C@](O)(c3ccc(=O)n(C)c3)[N+](F)(F)F)c2)ccc1F. The molecule has 1 heterocycles. The predicted molar refractivity (Wildman–Crippen MR) is 121 cm³/mol. The van der Waals surface area contributed by atoms with Gasteiger partial charge in [-0.1, -0.05) is 11.6 Å². The van der Waals surface area contributed by atoms with Crippen molar-refractivity contribution in [1.82, 2.24) is 4.57 Å². The Bertz CT molecular complexity index is 1340. The van der Waals surface area contributed by atoms with Gasteiger partial charge in [0.1, 0.15) is 17.3 Å². The molecular formula is C24H22ClF4N2O5+. The van der Waals surface area contributed by atoms with Crippen LogP contribution in [0.15, 0.2) is 59.5 Å². The zero-order chi connectivity index (χ0) is 26.8. The van der Waals surface area contributed by atoms with Gasteiger partial charge in [0.15, 0.2) is 0 Å². The first-order valence-electron chi connectivity index (χ1n) is 10.6. The molecule has 0 bridgehead atoms. The molecule has 1 aromatic heterocycles. The molecule has 0 saturated carbocycles. The Hall–Kier alpha value is -3.41. The lowest BCUT2D eigenvalue weighted by atomic mass is 9.85. The highest BCUT2D eigenvalue weighted by molar-refractivity contribution is 6.31. The van der Waals surface area contributed by atoms with Crippen LogP contribution in [0.5, 0.6) is 11.5 Å². The van der Waals surface area contributed by atoms with Crippen molar-refractivity contribution < 1.29 is 42.4 Å². The lowest BCUT2D eigenvalue weighted by Gasteiger charge is -2.31. The van der Waals surface area contributed by atoms with Crippen LogP contribution in [0.25, 0.3) is 0 Å². The molecule has 0 fully saturated rings. The largest absolute Gasteiger partial charge is 0.462 e. The summed E-state index contributed by atoms with van der Waals surface area (Å²) in [5, 5.41) is 6.51. The highest BCUT2D eigenvalue weighted by Crippen LogP contribution is 2.48. The number of aliphatic hydroxyl groups is 1. The van der Waals surface area contributed by atoms with E-state index in [4.69, 9.17) is 21.1 Å². The molecule has 0 unspecified atom stereocenters. The molecule has 0 spiro atoms. The molecule has 192 valence electrons. The highest BCUT2D eigenvalue weighted by atomic mass is 35.5. The molecule has 0 aliphatic rings. The van der Waals surface area contributed by atoms with E-state index in [0.29, 0.717) is 0 Å². The minimum absolute atomic E-state index is 0.0140. The molecule has 12 heteroatoms. The van der Waals surface area contributed by atoms with Crippen molar-refractivity contribution in [1.29, 1.82) is 0 Å². The molecule has 3 aromatic rings. The van der Waals surface area contributed by atoms with Crippen molar-refractivity contribution in [3.63, 3.8) is 0 Å². The van der Waals surface area contributed by atoms with E-state index < -0.39 is 39.7 Å². The summed E-state index contributed by atoms with van der Waals surface area (Å²) < 4.78 is 68.0. The van der Waals surface area contributed by atoms with E-state index in [2.05, 4.69) is 0 Å². The van der Waals surface area contributed by atoms with E-state index in [-0.39, 0.29) is 34.3 Å². The minimum Gasteiger partial charge on any atom is -0.462 e. The maximum Gasteiger partial charge on any atom is 0.352 e. The molecule has 0 aliphatic heterocycles. The lowest BCUT2D eigenvalue weighted by Crippen LogP contribution is -2.50. The highest BCUT2D eigenvalue weighted by Gasteiger charge is 2.64. The summed E-state index contributed by atoms with van der Waals surface area (Å²) in [6, 6.07) is 8.96. The first-order valence-corrected chi connectivity index (χ1v) is 11.0. The number of nitrogens with zero attached hydrogens (tertiary/aromatic N) is 2. The van der Waals surface area contributed by atoms with Gasteiger partial charge in [0.25, 0.3) is 5.15 Å². The van der Waals surface area contributed by atoms with Gasteiger partial charge in [0.05, 0.1) is 37.1 Å². The first kappa shape index (κ1) is 27.2. The minimum atomic E-state index is -4.38. The van der Waals surface area contributed by atoms with Crippen LogP contribution >= 0.6 is 11.6 Å². The number of hydrogen-bond acceptors (Lipinski definition) is 5. The molecule has 0 aliphatic carbocycles. The van der Waals surface area contributed by atoms with Crippen molar-refractivity contribution in [3.05, 3.63) is 92.6 Å². The molecule has 2 aromatic carbocycles. The summed E-state index contributed by atoms with van der Waals surface area (Å²) in [6.45, 7) is 2.71. The monoisotopic (exact) mass is 529 g/mol. The van der Waals surface area contributed by atoms with E-state index in [1.807, 2.05) is 0 Å². The van der Waals surface area contributed by atoms with Gasteiger partial charge in [-0.25, -0.2) is 9.18 Å². The molecule has 1 N–H and O–H groups in total. The predicted octanol–water partition coefficient (Wildman–Crippen LogP) is 5.57. The third-order valence-electron chi connectivity index (χ3n) is 5.60. The van der Waals surface area contributed by atoms with E-state index >= 15 is 0 Å². The van der Waals surface area contributed by atoms with E-state index in [1.165, 1.54) is 31.3 Å². The molecule has 36 heavy (non-hydrogen) atoms. The molecule has 3 rings (SSSR count). The van der Waals surface area contributed by atoms with Crippen molar-refractivity contribution in [2.45, 2.75) is 25.5 Å². The van der Waals surface area contributed by atoms with Gasteiger partial charge in [-0.3, -0.25) is 4.79 Å². The maximum atomic E-state index is 14.2. The lowest BCUT2D eigenvalue weighted by molar-refractivity contribution is -1.32. The number of ether oxygens (including phenoxy) is 2. The van der Waals surface area contributed by atoms with Crippen LogP contribution < -0.4 is 10.3 Å². The summed E-state index contributed by atoms with van der Waals surface area (Å²) in [6.07, 6.45) is 0.897. The quantitative estimate of drug-likeness (QED) is 0.179. The Morgan fingerprint density at radius 3 is 2.39 bits per heavy atom. The van der Waals surface area contributed by atoms with Crippen LogP contribution in [0.3, 0.4) is 0 Å². The summed E-state index contributed by atoms with van der Waals surface area (Å²) in [5.41, 5.74) is -5.10. The van der Waals surface area contributed by atoms with Gasteiger partial charge in [-0.05, 0) is 61.9 Å². The molecule has 7 nitrogen and oxygen atoms in total. The zero-order valence-corrected chi connectivity index (χ0v) is 20.1. The summed E-state index contributed by atoms with van der Waals surface area (Å²) in [5.74, 6) is -3.39. The number of rotatable bonds is 8. The number of halogens is 5. The Morgan fingerprint density at radius 1 is 1.14 bits per heavy atom. The number of carbonyl (C=O) groups is 1. The van der Waals surface area contributed by atoms with Crippen LogP contribution in [0, 0.1) is 5.82 Å².